The molecular formula is C25H27FN4O4. The van der Waals surface area contributed by atoms with E-state index in [1.165, 1.54) is 12.1 Å². The number of methoxy groups -OCH3 is 1. The lowest BCUT2D eigenvalue weighted by Crippen LogP contribution is -2.48. The summed E-state index contributed by atoms with van der Waals surface area (Å²) in [6, 6.07) is 10.6. The van der Waals surface area contributed by atoms with E-state index in [0.29, 0.717) is 28.4 Å². The van der Waals surface area contributed by atoms with Crippen molar-refractivity contribution >= 4 is 12.0 Å². The van der Waals surface area contributed by atoms with Gasteiger partial charge in [-0.25, -0.2) is 14.1 Å². The van der Waals surface area contributed by atoms with E-state index in [-0.39, 0.29) is 30.1 Å². The summed E-state index contributed by atoms with van der Waals surface area (Å²) in [5.74, 6) is 0.605. The van der Waals surface area contributed by atoms with Crippen molar-refractivity contribution < 1.29 is 23.8 Å². The highest BCUT2D eigenvalue weighted by atomic mass is 19.1. The Morgan fingerprint density at radius 1 is 1.26 bits per heavy atom. The van der Waals surface area contributed by atoms with E-state index in [2.05, 4.69) is 10.1 Å². The summed E-state index contributed by atoms with van der Waals surface area (Å²) in [6.07, 6.45) is 2.08. The third-order valence-corrected chi connectivity index (χ3v) is 5.61. The fourth-order valence-electron chi connectivity index (χ4n) is 4.11. The van der Waals surface area contributed by atoms with Gasteiger partial charge in [-0.2, -0.15) is 5.10 Å². The molecule has 0 bridgehead atoms. The Bertz CT molecular complexity index is 1210. The molecule has 1 unspecified atom stereocenters. The molecule has 1 saturated heterocycles. The quantitative estimate of drug-likeness (QED) is 0.560. The molecule has 0 radical (unpaired) electrons. The molecule has 0 aliphatic carbocycles. The zero-order chi connectivity index (χ0) is 24.4. The normalized spacial score (nSPS) is 19.1. The highest BCUT2D eigenvalue weighted by Gasteiger charge is 2.37. The number of aliphatic hydroxyl groups is 1. The molecule has 8 nitrogen and oxygen atoms in total. The van der Waals surface area contributed by atoms with Crippen molar-refractivity contribution in [1.82, 2.24) is 19.7 Å². The number of halogens is 1. The Morgan fingerprint density at radius 2 is 2.00 bits per heavy atom. The number of carbonyl (C=O) groups is 1. The van der Waals surface area contributed by atoms with E-state index in [4.69, 9.17) is 9.47 Å². The molecule has 1 aliphatic rings. The van der Waals surface area contributed by atoms with E-state index in [1.54, 1.807) is 61.1 Å². The Morgan fingerprint density at radius 3 is 2.62 bits per heavy atom. The van der Waals surface area contributed by atoms with E-state index in [1.807, 2.05) is 19.1 Å². The molecule has 178 valence electrons. The highest BCUT2D eigenvalue weighted by molar-refractivity contribution is 5.97. The van der Waals surface area contributed by atoms with Gasteiger partial charge < -0.3 is 19.5 Å². The van der Waals surface area contributed by atoms with Crippen molar-refractivity contribution in [3.8, 4) is 11.4 Å². The fourth-order valence-corrected chi connectivity index (χ4v) is 4.11. The van der Waals surface area contributed by atoms with Crippen LogP contribution in [-0.2, 0) is 9.53 Å². The number of morpholine rings is 1. The Balaban J connectivity index is 1.67. The molecule has 2 aromatic carbocycles. The lowest BCUT2D eigenvalue weighted by atomic mass is 9.98. The second-order valence-electron chi connectivity index (χ2n) is 8.30. The first-order chi connectivity index (χ1) is 16.3. The number of carbonyl (C=O) groups excluding carboxylic acids is 1. The fraction of sp³-hybridized carbons (Fsp3) is 0.320. The molecule has 3 aromatic rings. The number of hydrogen-bond acceptors (Lipinski definition) is 6. The molecule has 4 rings (SSSR count). The predicted molar refractivity (Wildman–Crippen MR) is 124 cm³/mol. The number of hydrogen-bond donors (Lipinski definition) is 1. The molecule has 1 aliphatic heterocycles. The van der Waals surface area contributed by atoms with E-state index >= 15 is 0 Å². The van der Waals surface area contributed by atoms with Crippen molar-refractivity contribution in [3.05, 3.63) is 77.3 Å². The van der Waals surface area contributed by atoms with Gasteiger partial charge in [-0.1, -0.05) is 18.2 Å². The average molecular weight is 467 g/mol. The third kappa shape index (κ3) is 4.79. The number of rotatable bonds is 6. The summed E-state index contributed by atoms with van der Waals surface area (Å²) >= 11 is 0. The first-order valence-corrected chi connectivity index (χ1v) is 11.0. The molecule has 1 amide bonds. The zero-order valence-corrected chi connectivity index (χ0v) is 19.5. The predicted octanol–water partition coefficient (Wildman–Crippen LogP) is 3.43. The number of aromatic nitrogens is 3. The average Bonchev–Trinajstić information content (AvgIpc) is 3.24. The first kappa shape index (κ1) is 23.4. The largest absolute Gasteiger partial charge is 0.494 e. The van der Waals surface area contributed by atoms with Crippen molar-refractivity contribution in [2.45, 2.75) is 39.0 Å². The molecule has 1 N–H and O–H groups in total. The third-order valence-electron chi connectivity index (χ3n) is 5.61. The maximum atomic E-state index is 13.4. The molecule has 34 heavy (non-hydrogen) atoms. The summed E-state index contributed by atoms with van der Waals surface area (Å²) in [6.45, 7) is 5.55. The standard InChI is InChI=1S/C25H27FN4O4/c1-15-13-29(24(16(2)31)19-6-8-20(26)9-7-19)25(32)23(34-15)12-18-5-10-21(22(11-18)33-4)30-14-27-17(3)28-30/h5-12,14-16,24,31H,13H2,1-4H3/b23-12-/t15?,16-,24+/m1/s1. The van der Waals surface area contributed by atoms with Crippen LogP contribution in [-0.4, -0.2) is 56.5 Å². The summed E-state index contributed by atoms with van der Waals surface area (Å²) in [4.78, 5) is 19.1. The van der Waals surface area contributed by atoms with Gasteiger partial charge in [0.15, 0.2) is 5.76 Å². The molecule has 1 aromatic heterocycles. The minimum Gasteiger partial charge on any atom is -0.494 e. The summed E-state index contributed by atoms with van der Waals surface area (Å²) < 4.78 is 26.5. The van der Waals surface area contributed by atoms with Crippen molar-refractivity contribution in [2.24, 2.45) is 0 Å². The van der Waals surface area contributed by atoms with Crippen LogP contribution in [0, 0.1) is 12.7 Å². The van der Waals surface area contributed by atoms with Crippen LogP contribution in [0.4, 0.5) is 4.39 Å². The zero-order valence-electron chi connectivity index (χ0n) is 19.5. The molecule has 9 heteroatoms. The van der Waals surface area contributed by atoms with Crippen LogP contribution in [0.5, 0.6) is 5.75 Å². The first-order valence-electron chi connectivity index (χ1n) is 11.0. The van der Waals surface area contributed by atoms with Gasteiger partial charge in [0, 0.05) is 0 Å². The maximum absolute atomic E-state index is 13.4. The number of benzene rings is 2. The van der Waals surface area contributed by atoms with E-state index < -0.39 is 12.1 Å². The molecule has 0 saturated carbocycles. The van der Waals surface area contributed by atoms with Gasteiger partial charge in [0.05, 0.1) is 25.8 Å². The van der Waals surface area contributed by atoms with Crippen LogP contribution in [0.25, 0.3) is 11.8 Å². The van der Waals surface area contributed by atoms with Gasteiger partial charge in [0.25, 0.3) is 5.91 Å². The number of aliphatic hydroxyl groups excluding tert-OH is 1. The number of amides is 1. The summed E-state index contributed by atoms with van der Waals surface area (Å²) in [7, 11) is 1.56. The number of aryl methyl sites for hydroxylation is 1. The van der Waals surface area contributed by atoms with Gasteiger partial charge in [-0.15, -0.1) is 0 Å². The molecular weight excluding hydrogens is 439 g/mol. The van der Waals surface area contributed by atoms with Crippen molar-refractivity contribution in [2.75, 3.05) is 13.7 Å². The number of nitrogens with zero attached hydrogens (tertiary/aromatic N) is 4. The van der Waals surface area contributed by atoms with Crippen LogP contribution >= 0.6 is 0 Å². The van der Waals surface area contributed by atoms with Gasteiger partial charge in [-0.3, -0.25) is 4.79 Å². The van der Waals surface area contributed by atoms with Crippen molar-refractivity contribution in [3.63, 3.8) is 0 Å². The minimum absolute atomic E-state index is 0.151. The Kier molecular flexibility index (Phi) is 6.65. The molecule has 3 atom stereocenters. The van der Waals surface area contributed by atoms with Gasteiger partial charge in [0.2, 0.25) is 0 Å². The smallest absolute Gasteiger partial charge is 0.289 e. The van der Waals surface area contributed by atoms with Crippen LogP contribution in [0.2, 0.25) is 0 Å². The molecule has 0 spiro atoms. The second kappa shape index (κ2) is 9.64. The van der Waals surface area contributed by atoms with Gasteiger partial charge >= 0.3 is 0 Å². The Labute approximate surface area is 197 Å². The summed E-state index contributed by atoms with van der Waals surface area (Å²) in [5.41, 5.74) is 2.05. The lowest BCUT2D eigenvalue weighted by Gasteiger charge is -2.39. The van der Waals surface area contributed by atoms with E-state index in [9.17, 15) is 14.3 Å². The summed E-state index contributed by atoms with van der Waals surface area (Å²) in [5, 5.41) is 14.8. The van der Waals surface area contributed by atoms with Crippen LogP contribution in [0.1, 0.15) is 36.8 Å². The SMILES string of the molecule is COc1cc(/C=C2\OC(C)CN([C@H](c3ccc(F)cc3)[C@@H](C)O)C2=O)ccc1-n1cnc(C)n1. The van der Waals surface area contributed by atoms with Crippen LogP contribution in [0.3, 0.4) is 0 Å². The lowest BCUT2D eigenvalue weighted by molar-refractivity contribution is -0.145. The maximum Gasteiger partial charge on any atom is 0.289 e. The minimum atomic E-state index is -0.869. The molecule has 1 fully saturated rings. The van der Waals surface area contributed by atoms with Gasteiger partial charge in [-0.05, 0) is 62.2 Å². The number of ether oxygens (including phenoxy) is 2. The topological polar surface area (TPSA) is 89.7 Å². The van der Waals surface area contributed by atoms with Gasteiger partial charge in [0.1, 0.15) is 35.5 Å². The molecule has 2 heterocycles. The van der Waals surface area contributed by atoms with Crippen LogP contribution < -0.4 is 4.74 Å². The van der Waals surface area contributed by atoms with E-state index in [0.717, 1.165) is 0 Å². The highest BCUT2D eigenvalue weighted by Crippen LogP contribution is 2.32. The second-order valence-corrected chi connectivity index (χ2v) is 8.30. The monoisotopic (exact) mass is 466 g/mol. The Hall–Kier alpha value is -3.72. The van der Waals surface area contributed by atoms with Crippen molar-refractivity contribution in [1.29, 1.82) is 0 Å². The van der Waals surface area contributed by atoms with Crippen LogP contribution in [0.15, 0.2) is 54.6 Å².